The van der Waals surface area contributed by atoms with E-state index < -0.39 is 0 Å². The first kappa shape index (κ1) is 16.5. The lowest BCUT2D eigenvalue weighted by atomic mass is 10.0. The number of carbonyl (C=O) groups is 2. The van der Waals surface area contributed by atoms with E-state index in [1.165, 1.54) is 10.5 Å². The molecule has 4 rings (SSSR count). The quantitative estimate of drug-likeness (QED) is 0.779. The maximum Gasteiger partial charge on any atom is 0.278 e. The Kier molecular flexibility index (Phi) is 4.31. The Morgan fingerprint density at radius 3 is 2.46 bits per heavy atom. The SMILES string of the molecule is COCCN1C(=O)C(c2ccccc2)=C(N2CCc3ccccc32)C1=O. The van der Waals surface area contributed by atoms with Crippen LogP contribution in [0.15, 0.2) is 60.3 Å². The van der Waals surface area contributed by atoms with E-state index in [0.717, 1.165) is 17.7 Å². The second kappa shape index (κ2) is 6.77. The van der Waals surface area contributed by atoms with Crippen molar-refractivity contribution in [2.75, 3.05) is 31.7 Å². The van der Waals surface area contributed by atoms with Crippen LogP contribution in [0.25, 0.3) is 5.57 Å². The van der Waals surface area contributed by atoms with Crippen molar-refractivity contribution in [1.29, 1.82) is 0 Å². The lowest BCUT2D eigenvalue weighted by molar-refractivity contribution is -0.137. The minimum absolute atomic E-state index is 0.248. The van der Waals surface area contributed by atoms with Gasteiger partial charge in [-0.05, 0) is 23.6 Å². The Morgan fingerprint density at radius 1 is 0.962 bits per heavy atom. The minimum Gasteiger partial charge on any atom is -0.383 e. The highest BCUT2D eigenvalue weighted by molar-refractivity contribution is 6.36. The van der Waals surface area contributed by atoms with Crippen molar-refractivity contribution in [3.63, 3.8) is 0 Å². The molecule has 5 nitrogen and oxygen atoms in total. The number of amides is 2. The highest BCUT2D eigenvalue weighted by Crippen LogP contribution is 2.38. The third-order valence-corrected chi connectivity index (χ3v) is 4.88. The molecule has 2 aliphatic heterocycles. The van der Waals surface area contributed by atoms with Gasteiger partial charge < -0.3 is 9.64 Å². The van der Waals surface area contributed by atoms with Crippen molar-refractivity contribution in [2.24, 2.45) is 0 Å². The van der Waals surface area contributed by atoms with E-state index in [-0.39, 0.29) is 18.4 Å². The van der Waals surface area contributed by atoms with Gasteiger partial charge in [0.15, 0.2) is 0 Å². The summed E-state index contributed by atoms with van der Waals surface area (Å²) < 4.78 is 5.08. The van der Waals surface area contributed by atoms with E-state index in [9.17, 15) is 9.59 Å². The van der Waals surface area contributed by atoms with E-state index in [2.05, 4.69) is 6.07 Å². The third kappa shape index (κ3) is 2.61. The lowest BCUT2D eigenvalue weighted by Gasteiger charge is -2.21. The summed E-state index contributed by atoms with van der Waals surface area (Å²) in [5, 5.41) is 0. The molecule has 5 heteroatoms. The maximum atomic E-state index is 13.2. The van der Waals surface area contributed by atoms with Gasteiger partial charge in [-0.2, -0.15) is 0 Å². The highest BCUT2D eigenvalue weighted by atomic mass is 16.5. The van der Waals surface area contributed by atoms with Gasteiger partial charge in [0.25, 0.3) is 11.8 Å². The second-order valence-corrected chi connectivity index (χ2v) is 6.37. The van der Waals surface area contributed by atoms with Crippen LogP contribution in [-0.2, 0) is 20.7 Å². The zero-order valence-electron chi connectivity index (χ0n) is 14.6. The summed E-state index contributed by atoms with van der Waals surface area (Å²) in [6.45, 7) is 1.27. The Balaban J connectivity index is 1.83. The molecule has 2 aliphatic rings. The fourth-order valence-corrected chi connectivity index (χ4v) is 3.63. The number of rotatable bonds is 5. The molecule has 2 amide bonds. The van der Waals surface area contributed by atoms with Crippen molar-refractivity contribution in [2.45, 2.75) is 6.42 Å². The molecule has 2 aromatic carbocycles. The van der Waals surface area contributed by atoms with Crippen LogP contribution in [0.2, 0.25) is 0 Å². The van der Waals surface area contributed by atoms with Gasteiger partial charge in [-0.3, -0.25) is 14.5 Å². The Bertz CT molecular complexity index is 889. The molecule has 0 saturated carbocycles. The molecule has 0 bridgehead atoms. The molecule has 0 N–H and O–H groups in total. The summed E-state index contributed by atoms with van der Waals surface area (Å²) in [5.74, 6) is -0.500. The molecular formula is C21H20N2O3. The zero-order chi connectivity index (χ0) is 18.1. The van der Waals surface area contributed by atoms with E-state index in [4.69, 9.17) is 4.74 Å². The predicted molar refractivity (Wildman–Crippen MR) is 99.5 cm³/mol. The molecule has 2 heterocycles. The third-order valence-electron chi connectivity index (χ3n) is 4.88. The van der Waals surface area contributed by atoms with Gasteiger partial charge in [0.1, 0.15) is 5.70 Å². The van der Waals surface area contributed by atoms with Crippen molar-refractivity contribution in [3.8, 4) is 0 Å². The number of imide groups is 1. The first-order chi connectivity index (χ1) is 12.7. The monoisotopic (exact) mass is 348 g/mol. The van der Waals surface area contributed by atoms with Gasteiger partial charge in [0.2, 0.25) is 0 Å². The number of anilines is 1. The molecule has 2 aromatic rings. The molecule has 0 aromatic heterocycles. The predicted octanol–water partition coefficient (Wildman–Crippen LogP) is 2.48. The number of fused-ring (bicyclic) bond motifs is 1. The first-order valence-electron chi connectivity index (χ1n) is 8.72. The van der Waals surface area contributed by atoms with Crippen LogP contribution in [0.3, 0.4) is 0 Å². The van der Waals surface area contributed by atoms with Crippen molar-refractivity contribution < 1.29 is 14.3 Å². The molecule has 0 radical (unpaired) electrons. The number of para-hydroxylation sites is 1. The Morgan fingerprint density at radius 2 is 1.69 bits per heavy atom. The van der Waals surface area contributed by atoms with E-state index in [0.29, 0.717) is 24.4 Å². The largest absolute Gasteiger partial charge is 0.383 e. The molecule has 0 aliphatic carbocycles. The van der Waals surface area contributed by atoms with E-state index in [1.54, 1.807) is 7.11 Å². The van der Waals surface area contributed by atoms with Gasteiger partial charge in [-0.25, -0.2) is 0 Å². The number of nitrogens with zero attached hydrogens (tertiary/aromatic N) is 2. The van der Waals surface area contributed by atoms with Gasteiger partial charge in [0.05, 0.1) is 18.7 Å². The molecule has 26 heavy (non-hydrogen) atoms. The highest BCUT2D eigenvalue weighted by Gasteiger charge is 2.42. The molecule has 132 valence electrons. The number of hydrogen-bond acceptors (Lipinski definition) is 4. The fraction of sp³-hybridized carbons (Fsp3) is 0.238. The maximum absolute atomic E-state index is 13.2. The molecule has 0 saturated heterocycles. The zero-order valence-corrected chi connectivity index (χ0v) is 14.6. The average Bonchev–Trinajstić information content (AvgIpc) is 3.20. The van der Waals surface area contributed by atoms with Crippen LogP contribution in [0.1, 0.15) is 11.1 Å². The molecule has 0 atom stereocenters. The second-order valence-electron chi connectivity index (χ2n) is 6.37. The molecular weight excluding hydrogens is 328 g/mol. The molecule has 0 unspecified atom stereocenters. The number of hydrogen-bond donors (Lipinski definition) is 0. The van der Waals surface area contributed by atoms with Gasteiger partial charge in [-0.1, -0.05) is 48.5 Å². The van der Waals surface area contributed by atoms with Gasteiger partial charge in [0, 0.05) is 19.3 Å². The van der Waals surface area contributed by atoms with Crippen LogP contribution in [0, 0.1) is 0 Å². The summed E-state index contributed by atoms with van der Waals surface area (Å²) in [4.78, 5) is 29.5. The topological polar surface area (TPSA) is 49.9 Å². The van der Waals surface area contributed by atoms with Crippen LogP contribution < -0.4 is 4.90 Å². The summed E-state index contributed by atoms with van der Waals surface area (Å²) in [6, 6.07) is 17.5. The standard InChI is InChI=1S/C21H20N2O3/c1-26-14-13-23-20(24)18(16-8-3-2-4-9-16)19(21(23)25)22-12-11-15-7-5-6-10-17(15)22/h2-10H,11-14H2,1H3. The number of ether oxygens (including phenoxy) is 1. The Hall–Kier alpha value is -2.92. The van der Waals surface area contributed by atoms with E-state index >= 15 is 0 Å². The van der Waals surface area contributed by atoms with Gasteiger partial charge in [-0.15, -0.1) is 0 Å². The normalized spacial score (nSPS) is 16.7. The smallest absolute Gasteiger partial charge is 0.278 e. The lowest BCUT2D eigenvalue weighted by Crippen LogP contribution is -2.37. The number of benzene rings is 2. The van der Waals surface area contributed by atoms with Crippen molar-refractivity contribution in [1.82, 2.24) is 4.90 Å². The van der Waals surface area contributed by atoms with E-state index in [1.807, 2.05) is 53.4 Å². The summed E-state index contributed by atoms with van der Waals surface area (Å²) in [7, 11) is 1.56. The number of methoxy groups -OCH3 is 1. The summed E-state index contributed by atoms with van der Waals surface area (Å²) >= 11 is 0. The van der Waals surface area contributed by atoms with Crippen LogP contribution in [0.5, 0.6) is 0 Å². The molecule has 0 fully saturated rings. The summed E-state index contributed by atoms with van der Waals surface area (Å²) in [5.41, 5.74) is 3.92. The average molecular weight is 348 g/mol. The Labute approximate surface area is 152 Å². The summed E-state index contributed by atoms with van der Waals surface area (Å²) in [6.07, 6.45) is 0.862. The van der Waals surface area contributed by atoms with Crippen LogP contribution in [-0.4, -0.2) is 43.5 Å². The first-order valence-corrected chi connectivity index (χ1v) is 8.72. The van der Waals surface area contributed by atoms with Crippen LogP contribution in [0.4, 0.5) is 5.69 Å². The minimum atomic E-state index is -0.252. The molecule has 0 spiro atoms. The van der Waals surface area contributed by atoms with Gasteiger partial charge >= 0.3 is 0 Å². The fourth-order valence-electron chi connectivity index (χ4n) is 3.63. The van der Waals surface area contributed by atoms with Crippen LogP contribution >= 0.6 is 0 Å². The van der Waals surface area contributed by atoms with Crippen molar-refractivity contribution in [3.05, 3.63) is 71.4 Å². The number of carbonyl (C=O) groups excluding carboxylic acids is 2. The van der Waals surface area contributed by atoms with Crippen molar-refractivity contribution >= 4 is 23.1 Å².